The molecule has 2 atom stereocenters. The Bertz CT molecular complexity index is 425. The molecule has 0 spiro atoms. The highest BCUT2D eigenvalue weighted by Gasteiger charge is 2.37. The topological polar surface area (TPSA) is 33.1 Å². The Labute approximate surface area is 109 Å². The van der Waals surface area contributed by atoms with Crippen LogP contribution in [0.2, 0.25) is 0 Å². The molecule has 1 aliphatic carbocycles. The zero-order chi connectivity index (χ0) is 12.7. The first kappa shape index (κ1) is 12.0. The van der Waals surface area contributed by atoms with Gasteiger partial charge in [-0.25, -0.2) is 0 Å². The van der Waals surface area contributed by atoms with Crippen molar-refractivity contribution in [3.8, 4) is 0 Å². The van der Waals surface area contributed by atoms with Gasteiger partial charge >= 0.3 is 0 Å². The molecular weight excluding hydrogens is 224 g/mol. The van der Waals surface area contributed by atoms with Crippen molar-refractivity contribution in [2.75, 3.05) is 25.0 Å². The van der Waals surface area contributed by atoms with Gasteiger partial charge in [-0.2, -0.15) is 5.10 Å². The minimum atomic E-state index is 0.918. The van der Waals surface area contributed by atoms with Crippen molar-refractivity contribution in [1.29, 1.82) is 0 Å². The maximum absolute atomic E-state index is 4.60. The fourth-order valence-corrected chi connectivity index (χ4v) is 3.88. The first-order chi connectivity index (χ1) is 8.70. The van der Waals surface area contributed by atoms with Crippen LogP contribution in [-0.2, 0) is 13.6 Å². The summed E-state index contributed by atoms with van der Waals surface area (Å²) in [5.74, 6) is 3.21. The quantitative estimate of drug-likeness (QED) is 0.883. The van der Waals surface area contributed by atoms with Gasteiger partial charge in [-0.05, 0) is 38.6 Å². The van der Waals surface area contributed by atoms with Gasteiger partial charge in [-0.3, -0.25) is 4.68 Å². The second-order valence-corrected chi connectivity index (χ2v) is 5.90. The Hall–Kier alpha value is -1.03. The molecule has 100 valence electrons. The van der Waals surface area contributed by atoms with Crippen LogP contribution in [0.4, 0.5) is 5.82 Å². The standard InChI is InChI=1S/C14H24N4/c1-10-13(7-15-2)14(17(3)16-10)18-8-11-5-4-6-12(11)9-18/h11-12,15H,4-9H2,1-3H3. The number of nitrogens with one attached hydrogen (secondary N) is 1. The van der Waals surface area contributed by atoms with E-state index in [1.54, 1.807) is 0 Å². The number of hydrogen-bond acceptors (Lipinski definition) is 3. The summed E-state index contributed by atoms with van der Waals surface area (Å²) >= 11 is 0. The number of aryl methyl sites for hydroxylation is 2. The van der Waals surface area contributed by atoms with E-state index in [0.717, 1.165) is 18.4 Å². The normalized spacial score (nSPS) is 26.9. The van der Waals surface area contributed by atoms with Crippen LogP contribution in [0.1, 0.15) is 30.5 Å². The summed E-state index contributed by atoms with van der Waals surface area (Å²) in [6, 6.07) is 0. The summed E-state index contributed by atoms with van der Waals surface area (Å²) in [6.45, 7) is 5.51. The van der Waals surface area contributed by atoms with Gasteiger partial charge in [0.1, 0.15) is 5.82 Å². The van der Waals surface area contributed by atoms with Crippen molar-refractivity contribution in [2.24, 2.45) is 18.9 Å². The summed E-state index contributed by atoms with van der Waals surface area (Å²) in [4.78, 5) is 2.57. The first-order valence-corrected chi connectivity index (χ1v) is 7.12. The van der Waals surface area contributed by atoms with Gasteiger partial charge in [0.05, 0.1) is 5.69 Å². The molecule has 2 unspecified atom stereocenters. The smallest absolute Gasteiger partial charge is 0.131 e. The van der Waals surface area contributed by atoms with Crippen LogP contribution in [0.25, 0.3) is 0 Å². The Balaban J connectivity index is 1.88. The average molecular weight is 248 g/mol. The molecule has 4 nitrogen and oxygen atoms in total. The Kier molecular flexibility index (Phi) is 3.06. The molecule has 2 heterocycles. The van der Waals surface area contributed by atoms with E-state index in [-0.39, 0.29) is 0 Å². The van der Waals surface area contributed by atoms with E-state index in [2.05, 4.69) is 34.0 Å². The van der Waals surface area contributed by atoms with E-state index in [0.29, 0.717) is 0 Å². The van der Waals surface area contributed by atoms with Crippen LogP contribution in [0.5, 0.6) is 0 Å². The summed E-state index contributed by atoms with van der Waals surface area (Å²) in [5, 5.41) is 7.88. The van der Waals surface area contributed by atoms with E-state index in [1.165, 1.54) is 49.4 Å². The van der Waals surface area contributed by atoms with Crippen molar-refractivity contribution in [2.45, 2.75) is 32.7 Å². The number of rotatable bonds is 3. The molecule has 1 aliphatic heterocycles. The molecule has 0 aromatic carbocycles. The molecule has 1 aromatic heterocycles. The summed E-state index contributed by atoms with van der Waals surface area (Å²) in [7, 11) is 4.09. The molecule has 1 aromatic rings. The monoisotopic (exact) mass is 248 g/mol. The molecule has 2 aliphatic rings. The number of aromatic nitrogens is 2. The minimum absolute atomic E-state index is 0.918. The van der Waals surface area contributed by atoms with Crippen molar-refractivity contribution in [3.05, 3.63) is 11.3 Å². The Morgan fingerprint density at radius 2 is 1.94 bits per heavy atom. The highest BCUT2D eigenvalue weighted by atomic mass is 15.4. The van der Waals surface area contributed by atoms with Crippen molar-refractivity contribution in [1.82, 2.24) is 15.1 Å². The maximum atomic E-state index is 4.60. The highest BCUT2D eigenvalue weighted by Crippen LogP contribution is 2.40. The molecule has 0 radical (unpaired) electrons. The Morgan fingerprint density at radius 1 is 1.28 bits per heavy atom. The number of nitrogens with zero attached hydrogens (tertiary/aromatic N) is 3. The second kappa shape index (κ2) is 4.57. The number of fused-ring (bicyclic) bond motifs is 1. The van der Waals surface area contributed by atoms with Crippen molar-refractivity contribution < 1.29 is 0 Å². The fourth-order valence-electron chi connectivity index (χ4n) is 3.88. The third-order valence-corrected chi connectivity index (χ3v) is 4.69. The third-order valence-electron chi connectivity index (χ3n) is 4.69. The summed E-state index contributed by atoms with van der Waals surface area (Å²) in [6.07, 6.45) is 4.30. The lowest BCUT2D eigenvalue weighted by molar-refractivity contribution is 0.494. The lowest BCUT2D eigenvalue weighted by atomic mass is 10.0. The van der Waals surface area contributed by atoms with E-state index >= 15 is 0 Å². The zero-order valence-electron chi connectivity index (χ0n) is 11.7. The zero-order valence-corrected chi connectivity index (χ0v) is 11.7. The van der Waals surface area contributed by atoms with E-state index in [9.17, 15) is 0 Å². The molecule has 4 heteroatoms. The number of anilines is 1. The molecule has 3 rings (SSSR count). The van der Waals surface area contributed by atoms with Gasteiger partial charge in [0.25, 0.3) is 0 Å². The van der Waals surface area contributed by atoms with Crippen LogP contribution in [0, 0.1) is 18.8 Å². The lowest BCUT2D eigenvalue weighted by Gasteiger charge is -2.21. The molecule has 0 amide bonds. The van der Waals surface area contributed by atoms with E-state index in [1.807, 2.05) is 7.05 Å². The van der Waals surface area contributed by atoms with Gasteiger partial charge in [-0.1, -0.05) is 6.42 Å². The van der Waals surface area contributed by atoms with E-state index < -0.39 is 0 Å². The minimum Gasteiger partial charge on any atom is -0.356 e. The van der Waals surface area contributed by atoms with Crippen LogP contribution < -0.4 is 10.2 Å². The SMILES string of the molecule is CNCc1c(C)nn(C)c1N1CC2CCCC2C1. The third kappa shape index (κ3) is 1.83. The first-order valence-electron chi connectivity index (χ1n) is 7.12. The summed E-state index contributed by atoms with van der Waals surface area (Å²) < 4.78 is 2.07. The van der Waals surface area contributed by atoms with Crippen LogP contribution in [0.15, 0.2) is 0 Å². The van der Waals surface area contributed by atoms with Gasteiger partial charge in [0.2, 0.25) is 0 Å². The molecule has 0 bridgehead atoms. The molecule has 2 fully saturated rings. The molecule has 1 saturated heterocycles. The molecular formula is C14H24N4. The summed E-state index contributed by atoms with van der Waals surface area (Å²) in [5.41, 5.74) is 2.54. The van der Waals surface area contributed by atoms with Crippen LogP contribution >= 0.6 is 0 Å². The number of hydrogen-bond donors (Lipinski definition) is 1. The lowest BCUT2D eigenvalue weighted by Crippen LogP contribution is -2.25. The van der Waals surface area contributed by atoms with Gasteiger partial charge in [0, 0.05) is 32.2 Å². The molecule has 1 N–H and O–H groups in total. The van der Waals surface area contributed by atoms with Gasteiger partial charge < -0.3 is 10.2 Å². The predicted octanol–water partition coefficient (Wildman–Crippen LogP) is 1.68. The highest BCUT2D eigenvalue weighted by molar-refractivity contribution is 5.51. The van der Waals surface area contributed by atoms with Crippen LogP contribution in [0.3, 0.4) is 0 Å². The van der Waals surface area contributed by atoms with Gasteiger partial charge in [-0.15, -0.1) is 0 Å². The fraction of sp³-hybridized carbons (Fsp3) is 0.786. The van der Waals surface area contributed by atoms with Crippen LogP contribution in [-0.4, -0.2) is 29.9 Å². The maximum Gasteiger partial charge on any atom is 0.131 e. The largest absolute Gasteiger partial charge is 0.356 e. The molecule has 18 heavy (non-hydrogen) atoms. The average Bonchev–Trinajstić information content (AvgIpc) is 2.93. The Morgan fingerprint density at radius 3 is 2.56 bits per heavy atom. The predicted molar refractivity (Wildman–Crippen MR) is 73.8 cm³/mol. The van der Waals surface area contributed by atoms with Gasteiger partial charge in [0.15, 0.2) is 0 Å². The van der Waals surface area contributed by atoms with E-state index in [4.69, 9.17) is 0 Å². The van der Waals surface area contributed by atoms with Crippen molar-refractivity contribution in [3.63, 3.8) is 0 Å². The van der Waals surface area contributed by atoms with Crippen molar-refractivity contribution >= 4 is 5.82 Å². The second-order valence-electron chi connectivity index (χ2n) is 5.90. The molecule has 1 saturated carbocycles.